The average Bonchev–Trinajstić information content (AvgIpc) is 3.15. The van der Waals surface area contributed by atoms with Gasteiger partial charge in [-0.25, -0.2) is 9.48 Å². The van der Waals surface area contributed by atoms with Gasteiger partial charge in [-0.3, -0.25) is 4.79 Å². The van der Waals surface area contributed by atoms with E-state index >= 15 is 0 Å². The molecule has 0 bridgehead atoms. The molecule has 0 aliphatic carbocycles. The van der Waals surface area contributed by atoms with Gasteiger partial charge in [0.15, 0.2) is 5.69 Å². The zero-order valence-electron chi connectivity index (χ0n) is 14.7. The molecule has 1 N–H and O–H groups in total. The van der Waals surface area contributed by atoms with E-state index in [0.717, 1.165) is 11.3 Å². The van der Waals surface area contributed by atoms with Crippen LogP contribution in [0.3, 0.4) is 0 Å². The predicted molar refractivity (Wildman–Crippen MR) is 103 cm³/mol. The maximum Gasteiger partial charge on any atom is 0.358 e. The first kappa shape index (κ1) is 18.7. The zero-order chi connectivity index (χ0) is 19.2. The molecule has 0 aliphatic rings. The molecule has 1 aromatic heterocycles. The lowest BCUT2D eigenvalue weighted by molar-refractivity contribution is -0.115. The number of esters is 1. The minimum atomic E-state index is -0.456. The molecule has 2 aromatic carbocycles. The fourth-order valence-corrected chi connectivity index (χ4v) is 2.60. The summed E-state index contributed by atoms with van der Waals surface area (Å²) in [5.41, 5.74) is 2.57. The number of aromatic nitrogens is 2. The highest BCUT2D eigenvalue weighted by molar-refractivity contribution is 6.30. The highest BCUT2D eigenvalue weighted by Gasteiger charge is 2.11. The van der Waals surface area contributed by atoms with E-state index in [-0.39, 0.29) is 18.0 Å². The van der Waals surface area contributed by atoms with Crippen molar-refractivity contribution in [1.29, 1.82) is 0 Å². The highest BCUT2D eigenvalue weighted by atomic mass is 35.5. The van der Waals surface area contributed by atoms with Crippen LogP contribution in [0.15, 0.2) is 60.8 Å². The Morgan fingerprint density at radius 2 is 1.78 bits per heavy atom. The van der Waals surface area contributed by atoms with Gasteiger partial charge in [0, 0.05) is 16.9 Å². The number of hydrogen-bond acceptors (Lipinski definition) is 4. The monoisotopic (exact) mass is 383 g/mol. The van der Waals surface area contributed by atoms with E-state index in [1.165, 1.54) is 0 Å². The van der Waals surface area contributed by atoms with Gasteiger partial charge in [0.1, 0.15) is 0 Å². The molecule has 0 unspecified atom stereocenters. The van der Waals surface area contributed by atoms with Gasteiger partial charge in [-0.2, -0.15) is 5.10 Å². The van der Waals surface area contributed by atoms with E-state index in [1.54, 1.807) is 60.3 Å². The van der Waals surface area contributed by atoms with Crippen LogP contribution in [-0.4, -0.2) is 28.3 Å². The normalized spacial score (nSPS) is 10.4. The van der Waals surface area contributed by atoms with Gasteiger partial charge >= 0.3 is 5.97 Å². The number of amides is 1. The Labute approximate surface area is 161 Å². The molecule has 0 aliphatic heterocycles. The number of anilines is 1. The third-order valence-corrected chi connectivity index (χ3v) is 4.02. The van der Waals surface area contributed by atoms with Gasteiger partial charge in [0.2, 0.25) is 5.91 Å². The number of benzene rings is 2. The van der Waals surface area contributed by atoms with Crippen molar-refractivity contribution in [2.75, 3.05) is 11.9 Å². The van der Waals surface area contributed by atoms with Crippen molar-refractivity contribution >= 4 is 29.2 Å². The lowest BCUT2D eigenvalue weighted by atomic mass is 10.1. The third-order valence-electron chi connectivity index (χ3n) is 3.77. The highest BCUT2D eigenvalue weighted by Crippen LogP contribution is 2.15. The molecule has 27 heavy (non-hydrogen) atoms. The maximum absolute atomic E-state index is 12.1. The van der Waals surface area contributed by atoms with Crippen LogP contribution in [0.1, 0.15) is 23.0 Å². The van der Waals surface area contributed by atoms with E-state index < -0.39 is 5.97 Å². The summed E-state index contributed by atoms with van der Waals surface area (Å²) in [6, 6.07) is 15.9. The van der Waals surface area contributed by atoms with Crippen LogP contribution in [0.25, 0.3) is 5.69 Å². The number of rotatable bonds is 6. The van der Waals surface area contributed by atoms with Gasteiger partial charge in [-0.1, -0.05) is 23.7 Å². The first-order valence-corrected chi connectivity index (χ1v) is 8.80. The average molecular weight is 384 g/mol. The van der Waals surface area contributed by atoms with Gasteiger partial charge in [0.25, 0.3) is 0 Å². The van der Waals surface area contributed by atoms with Gasteiger partial charge in [-0.05, 0) is 55.0 Å². The molecule has 7 heteroatoms. The summed E-state index contributed by atoms with van der Waals surface area (Å²) in [6.07, 6.45) is 1.95. The minimum absolute atomic E-state index is 0.117. The Morgan fingerprint density at radius 3 is 2.44 bits per heavy atom. The molecule has 6 nitrogen and oxygen atoms in total. The van der Waals surface area contributed by atoms with Crippen LogP contribution in [0.5, 0.6) is 0 Å². The van der Waals surface area contributed by atoms with Crippen molar-refractivity contribution in [1.82, 2.24) is 9.78 Å². The van der Waals surface area contributed by atoms with Crippen molar-refractivity contribution in [3.05, 3.63) is 77.1 Å². The maximum atomic E-state index is 12.1. The minimum Gasteiger partial charge on any atom is -0.461 e. The first-order chi connectivity index (χ1) is 13.0. The number of halogens is 1. The summed E-state index contributed by atoms with van der Waals surface area (Å²) < 4.78 is 6.50. The molecule has 1 heterocycles. The Hall–Kier alpha value is -3.12. The SMILES string of the molecule is CCOC(=O)c1ccn(-c2ccc(NC(=O)Cc3ccc(Cl)cc3)cc2)n1. The van der Waals surface area contributed by atoms with Crippen molar-refractivity contribution < 1.29 is 14.3 Å². The first-order valence-electron chi connectivity index (χ1n) is 8.42. The lowest BCUT2D eigenvalue weighted by Gasteiger charge is -2.07. The molecule has 0 atom stereocenters. The molecular weight excluding hydrogens is 366 g/mol. The fourth-order valence-electron chi connectivity index (χ4n) is 2.47. The largest absolute Gasteiger partial charge is 0.461 e. The van der Waals surface area contributed by atoms with E-state index in [9.17, 15) is 9.59 Å². The molecule has 1 amide bonds. The molecule has 0 radical (unpaired) electrons. The molecule has 3 aromatic rings. The number of nitrogens with one attached hydrogen (secondary N) is 1. The van der Waals surface area contributed by atoms with Crippen LogP contribution in [0.2, 0.25) is 5.02 Å². The molecule has 0 saturated heterocycles. The summed E-state index contributed by atoms with van der Waals surface area (Å²) in [4.78, 5) is 23.8. The number of nitrogens with zero attached hydrogens (tertiary/aromatic N) is 2. The van der Waals surface area contributed by atoms with Gasteiger partial charge in [-0.15, -0.1) is 0 Å². The predicted octanol–water partition coefficient (Wildman–Crippen LogP) is 3.88. The van der Waals surface area contributed by atoms with Crippen LogP contribution < -0.4 is 5.32 Å². The molecule has 0 spiro atoms. The standard InChI is InChI=1S/C20H18ClN3O3/c1-2-27-20(26)18-11-12-24(23-18)17-9-7-16(8-10-17)22-19(25)13-14-3-5-15(21)6-4-14/h3-12H,2,13H2,1H3,(H,22,25). The van der Waals surface area contributed by atoms with Crippen molar-refractivity contribution in [2.24, 2.45) is 0 Å². The second-order valence-corrected chi connectivity index (χ2v) is 6.20. The Morgan fingerprint density at radius 1 is 1.07 bits per heavy atom. The van der Waals surface area contributed by atoms with E-state index in [4.69, 9.17) is 16.3 Å². The smallest absolute Gasteiger partial charge is 0.358 e. The zero-order valence-corrected chi connectivity index (χ0v) is 15.4. The summed E-state index contributed by atoms with van der Waals surface area (Å²) in [5, 5.41) is 7.68. The van der Waals surface area contributed by atoms with E-state index in [0.29, 0.717) is 17.3 Å². The second kappa shape index (κ2) is 8.51. The van der Waals surface area contributed by atoms with Gasteiger partial charge in [0.05, 0.1) is 18.7 Å². The molecule has 138 valence electrons. The topological polar surface area (TPSA) is 73.2 Å². The van der Waals surface area contributed by atoms with Crippen LogP contribution in [-0.2, 0) is 16.0 Å². The number of carbonyl (C=O) groups is 2. The van der Waals surface area contributed by atoms with E-state index in [1.807, 2.05) is 12.1 Å². The Balaban J connectivity index is 1.62. The quantitative estimate of drug-likeness (QED) is 0.655. The summed E-state index contributed by atoms with van der Waals surface area (Å²) >= 11 is 5.84. The van der Waals surface area contributed by atoms with Gasteiger partial charge < -0.3 is 10.1 Å². The number of ether oxygens (including phenoxy) is 1. The van der Waals surface area contributed by atoms with Crippen molar-refractivity contribution in [3.63, 3.8) is 0 Å². The van der Waals surface area contributed by atoms with Crippen molar-refractivity contribution in [3.8, 4) is 5.69 Å². The van der Waals surface area contributed by atoms with Crippen molar-refractivity contribution in [2.45, 2.75) is 13.3 Å². The third kappa shape index (κ3) is 4.95. The summed E-state index contributed by atoms with van der Waals surface area (Å²) in [6.45, 7) is 2.05. The molecule has 0 fully saturated rings. The summed E-state index contributed by atoms with van der Waals surface area (Å²) in [5.74, 6) is -0.573. The van der Waals surface area contributed by atoms with E-state index in [2.05, 4.69) is 10.4 Å². The number of hydrogen-bond donors (Lipinski definition) is 1. The number of carbonyl (C=O) groups excluding carboxylic acids is 2. The van der Waals surface area contributed by atoms with Crippen LogP contribution >= 0.6 is 11.6 Å². The molecule has 3 rings (SSSR count). The second-order valence-electron chi connectivity index (χ2n) is 5.76. The Kier molecular flexibility index (Phi) is 5.88. The molecule has 0 saturated carbocycles. The summed E-state index contributed by atoms with van der Waals surface area (Å²) in [7, 11) is 0. The molecular formula is C20H18ClN3O3. The fraction of sp³-hybridized carbons (Fsp3) is 0.150. The van der Waals surface area contributed by atoms with Crippen LogP contribution in [0, 0.1) is 0 Å². The van der Waals surface area contributed by atoms with Crippen LogP contribution in [0.4, 0.5) is 5.69 Å². The lowest BCUT2D eigenvalue weighted by Crippen LogP contribution is -2.14. The Bertz CT molecular complexity index is 934.